The maximum Gasteiger partial charge on any atom is 0.171 e. The molecule has 4 nitrogen and oxygen atoms in total. The van der Waals surface area contributed by atoms with Gasteiger partial charge in [-0.3, -0.25) is 0 Å². The Morgan fingerprint density at radius 2 is 1.10 bits per heavy atom. The third kappa shape index (κ3) is 6.71. The summed E-state index contributed by atoms with van der Waals surface area (Å²) in [5, 5.41) is 15.7. The van der Waals surface area contributed by atoms with E-state index < -0.39 is 0 Å². The fourth-order valence-electron chi connectivity index (χ4n) is 3.51. The van der Waals surface area contributed by atoms with E-state index in [2.05, 4.69) is 21.3 Å². The van der Waals surface area contributed by atoms with E-state index in [9.17, 15) is 0 Å². The van der Waals surface area contributed by atoms with Crippen molar-refractivity contribution >= 4 is 69.2 Å². The zero-order valence-electron chi connectivity index (χ0n) is 17.0. The zero-order chi connectivity index (χ0) is 21.7. The number of rotatable bonds is 4. The maximum atomic E-state index is 6.27. The number of aryl methyl sites for hydroxylation is 2. The number of hydrogen-bond acceptors (Lipinski definition) is 2. The van der Waals surface area contributed by atoms with Crippen LogP contribution in [0.4, 0.5) is 11.4 Å². The highest BCUT2D eigenvalue weighted by atomic mass is 35.5. The van der Waals surface area contributed by atoms with Gasteiger partial charge in [0.15, 0.2) is 10.2 Å². The minimum Gasteiger partial charge on any atom is -0.360 e. The molecule has 3 rings (SSSR count). The third-order valence-corrected chi connectivity index (χ3v) is 6.21. The predicted octanol–water partition coefficient (Wildman–Crippen LogP) is 6.19. The van der Waals surface area contributed by atoms with Gasteiger partial charge in [-0.1, -0.05) is 35.3 Å². The van der Waals surface area contributed by atoms with Crippen molar-refractivity contribution in [2.45, 2.75) is 51.6 Å². The van der Waals surface area contributed by atoms with Crippen molar-refractivity contribution < 1.29 is 0 Å². The van der Waals surface area contributed by atoms with Gasteiger partial charge < -0.3 is 21.3 Å². The molecular weight excluding hydrogens is 455 g/mol. The van der Waals surface area contributed by atoms with Gasteiger partial charge in [0.1, 0.15) is 0 Å². The van der Waals surface area contributed by atoms with Gasteiger partial charge in [-0.05, 0) is 99.4 Å². The molecule has 1 saturated carbocycles. The monoisotopic (exact) mass is 480 g/mol. The number of benzene rings is 2. The summed E-state index contributed by atoms with van der Waals surface area (Å²) in [5.74, 6) is 0. The molecule has 160 valence electrons. The summed E-state index contributed by atoms with van der Waals surface area (Å²) < 4.78 is 0. The number of anilines is 2. The lowest BCUT2D eigenvalue weighted by Crippen LogP contribution is -2.45. The number of halogens is 2. The van der Waals surface area contributed by atoms with Gasteiger partial charge in [0.2, 0.25) is 0 Å². The van der Waals surface area contributed by atoms with Crippen LogP contribution < -0.4 is 21.3 Å². The van der Waals surface area contributed by atoms with E-state index in [1.165, 1.54) is 0 Å². The van der Waals surface area contributed by atoms with Crippen LogP contribution in [0.2, 0.25) is 10.0 Å². The first-order chi connectivity index (χ1) is 14.3. The highest BCUT2D eigenvalue weighted by Crippen LogP contribution is 2.25. The molecule has 0 aromatic heterocycles. The number of hydrogen-bond donors (Lipinski definition) is 4. The summed E-state index contributed by atoms with van der Waals surface area (Å²) in [7, 11) is 0. The fourth-order valence-corrected chi connectivity index (χ4v) is 4.63. The summed E-state index contributed by atoms with van der Waals surface area (Å²) in [6, 6.07) is 12.4. The van der Waals surface area contributed by atoms with Crippen molar-refractivity contribution in [1.29, 1.82) is 0 Å². The van der Waals surface area contributed by atoms with Gasteiger partial charge in [0, 0.05) is 12.1 Å². The van der Waals surface area contributed by atoms with E-state index in [1.54, 1.807) is 0 Å². The van der Waals surface area contributed by atoms with Crippen LogP contribution >= 0.6 is 47.6 Å². The maximum absolute atomic E-state index is 6.27. The van der Waals surface area contributed by atoms with Gasteiger partial charge in [-0.15, -0.1) is 0 Å². The Kier molecular flexibility index (Phi) is 8.17. The van der Waals surface area contributed by atoms with E-state index in [0.29, 0.717) is 32.4 Å². The van der Waals surface area contributed by atoms with Crippen molar-refractivity contribution in [1.82, 2.24) is 10.6 Å². The molecule has 0 radical (unpaired) electrons. The first-order valence-electron chi connectivity index (χ1n) is 9.97. The Morgan fingerprint density at radius 3 is 1.43 bits per heavy atom. The minimum atomic E-state index is 0.334. The standard InChI is InChI=1S/C22H26Cl2N4S2/c1-13-3-9-19(17(23)11-13)27-21(29)25-15-5-7-16(8-6-15)26-22(30)28-20-10-4-14(2)12-18(20)24/h3-4,9-12,15-16H,5-8H2,1-2H3,(H2,25,27,29)(H2,26,28,30). The van der Waals surface area contributed by atoms with Crippen LogP contribution in [0.3, 0.4) is 0 Å². The molecular formula is C22H26Cl2N4S2. The zero-order valence-corrected chi connectivity index (χ0v) is 20.2. The van der Waals surface area contributed by atoms with Crippen LogP contribution in [-0.2, 0) is 0 Å². The molecule has 0 bridgehead atoms. The molecule has 0 spiro atoms. The average molecular weight is 482 g/mol. The lowest BCUT2D eigenvalue weighted by atomic mass is 9.91. The second-order valence-electron chi connectivity index (χ2n) is 7.71. The highest BCUT2D eigenvalue weighted by molar-refractivity contribution is 7.80. The van der Waals surface area contributed by atoms with Gasteiger partial charge in [0.25, 0.3) is 0 Å². The van der Waals surface area contributed by atoms with E-state index in [-0.39, 0.29) is 0 Å². The molecule has 2 aromatic rings. The van der Waals surface area contributed by atoms with Crippen LogP contribution in [0.5, 0.6) is 0 Å². The molecule has 1 aliphatic carbocycles. The molecule has 0 amide bonds. The van der Waals surface area contributed by atoms with Gasteiger partial charge in [0.05, 0.1) is 21.4 Å². The number of thiocarbonyl (C=S) groups is 2. The lowest BCUT2D eigenvalue weighted by Gasteiger charge is -2.31. The molecule has 0 saturated heterocycles. The van der Waals surface area contributed by atoms with E-state index in [0.717, 1.165) is 48.2 Å². The first kappa shape index (κ1) is 23.1. The van der Waals surface area contributed by atoms with Gasteiger partial charge >= 0.3 is 0 Å². The molecule has 8 heteroatoms. The van der Waals surface area contributed by atoms with Crippen molar-refractivity contribution in [3.63, 3.8) is 0 Å². The van der Waals surface area contributed by atoms with Crippen LogP contribution in [0, 0.1) is 13.8 Å². The molecule has 0 unspecified atom stereocenters. The largest absolute Gasteiger partial charge is 0.360 e. The minimum absolute atomic E-state index is 0.334. The first-order valence-corrected chi connectivity index (χ1v) is 11.5. The van der Waals surface area contributed by atoms with Crippen LogP contribution in [0.15, 0.2) is 36.4 Å². The van der Waals surface area contributed by atoms with E-state index in [1.807, 2.05) is 50.2 Å². The third-order valence-electron chi connectivity index (χ3n) is 5.14. The topological polar surface area (TPSA) is 48.1 Å². The Labute approximate surface area is 199 Å². The molecule has 2 aromatic carbocycles. The second kappa shape index (κ2) is 10.6. The highest BCUT2D eigenvalue weighted by Gasteiger charge is 2.22. The van der Waals surface area contributed by atoms with E-state index >= 15 is 0 Å². The van der Waals surface area contributed by atoms with Gasteiger partial charge in [-0.25, -0.2) is 0 Å². The normalized spacial score (nSPS) is 18.4. The molecule has 1 aliphatic rings. The summed E-state index contributed by atoms with van der Waals surface area (Å²) >= 11 is 23.5. The summed E-state index contributed by atoms with van der Waals surface area (Å²) in [6.07, 6.45) is 4.04. The molecule has 1 fully saturated rings. The lowest BCUT2D eigenvalue weighted by molar-refractivity contribution is 0.356. The van der Waals surface area contributed by atoms with Crippen molar-refractivity contribution in [3.05, 3.63) is 57.6 Å². The van der Waals surface area contributed by atoms with Crippen LogP contribution in [0.1, 0.15) is 36.8 Å². The SMILES string of the molecule is Cc1ccc(NC(=S)NC2CCC(NC(=S)Nc3ccc(C)cc3Cl)CC2)c(Cl)c1. The fraction of sp³-hybridized carbons (Fsp3) is 0.364. The molecule has 0 heterocycles. The average Bonchev–Trinajstić information content (AvgIpc) is 2.68. The van der Waals surface area contributed by atoms with E-state index in [4.69, 9.17) is 47.6 Å². The summed E-state index contributed by atoms with van der Waals surface area (Å²) in [6.45, 7) is 4.02. The number of nitrogens with one attached hydrogen (secondary N) is 4. The smallest absolute Gasteiger partial charge is 0.171 e. The quantitative estimate of drug-likeness (QED) is 0.391. The van der Waals surface area contributed by atoms with Crippen molar-refractivity contribution in [2.75, 3.05) is 10.6 Å². The van der Waals surface area contributed by atoms with Crippen molar-refractivity contribution in [3.8, 4) is 0 Å². The Morgan fingerprint density at radius 1 is 0.733 bits per heavy atom. The Hall–Kier alpha value is -1.60. The molecule has 4 N–H and O–H groups in total. The second-order valence-corrected chi connectivity index (χ2v) is 9.34. The molecule has 0 atom stereocenters. The summed E-state index contributed by atoms with van der Waals surface area (Å²) in [4.78, 5) is 0. The van der Waals surface area contributed by atoms with Crippen LogP contribution in [0.25, 0.3) is 0 Å². The Bertz CT molecular complexity index is 852. The van der Waals surface area contributed by atoms with Crippen LogP contribution in [-0.4, -0.2) is 22.3 Å². The van der Waals surface area contributed by atoms with Crippen molar-refractivity contribution in [2.24, 2.45) is 0 Å². The predicted molar refractivity (Wildman–Crippen MR) is 137 cm³/mol. The molecule has 0 aliphatic heterocycles. The Balaban J connectivity index is 1.42. The molecule has 30 heavy (non-hydrogen) atoms. The summed E-state index contributed by atoms with van der Waals surface area (Å²) in [5.41, 5.74) is 3.88. The van der Waals surface area contributed by atoms with Gasteiger partial charge in [-0.2, -0.15) is 0 Å².